The van der Waals surface area contributed by atoms with E-state index in [0.717, 1.165) is 0 Å². The summed E-state index contributed by atoms with van der Waals surface area (Å²) in [7, 11) is 0. The summed E-state index contributed by atoms with van der Waals surface area (Å²) in [6, 6.07) is 0. The van der Waals surface area contributed by atoms with Gasteiger partial charge in [0.1, 0.15) is 0 Å². The summed E-state index contributed by atoms with van der Waals surface area (Å²) < 4.78 is 0.339. The van der Waals surface area contributed by atoms with Crippen molar-refractivity contribution in [2.75, 3.05) is 11.5 Å². The second kappa shape index (κ2) is 4.31. The van der Waals surface area contributed by atoms with Crippen LogP contribution in [0, 0.1) is 0 Å². The molecule has 0 aromatic carbocycles. The molecule has 0 spiro atoms. The molecule has 0 saturated carbocycles. The highest BCUT2D eigenvalue weighted by atomic mass is 32.2. The molecule has 0 amide bonds. The molecule has 1 N–H and O–H groups in total. The molecule has 1 heterocycles. The van der Waals surface area contributed by atoms with Gasteiger partial charge < -0.3 is 5.11 Å². The van der Waals surface area contributed by atoms with Crippen molar-refractivity contribution in [3.8, 4) is 0 Å². The first-order valence-electron chi connectivity index (χ1n) is 3.38. The first kappa shape index (κ1) is 8.50. The Bertz CT molecular complexity index is 110. The van der Waals surface area contributed by atoms with Crippen molar-refractivity contribution in [3.05, 3.63) is 12.7 Å². The predicted molar refractivity (Wildman–Crippen MR) is 49.5 cm³/mol. The molecule has 1 nitrogen and oxygen atoms in total. The fraction of sp³-hybridized carbons (Fsp3) is 0.714. The van der Waals surface area contributed by atoms with Gasteiger partial charge >= 0.3 is 0 Å². The maximum atomic E-state index is 9.32. The first-order chi connectivity index (χ1) is 4.84. The second-order valence-corrected chi connectivity index (χ2v) is 4.99. The normalized spacial score (nSPS) is 24.1. The van der Waals surface area contributed by atoms with Gasteiger partial charge in [-0.1, -0.05) is 6.08 Å². The van der Waals surface area contributed by atoms with E-state index in [2.05, 4.69) is 6.58 Å². The number of thioether (sulfide) groups is 2. The molecule has 3 heteroatoms. The lowest BCUT2D eigenvalue weighted by atomic mass is 10.4. The Hall–Kier alpha value is 0.400. The summed E-state index contributed by atoms with van der Waals surface area (Å²) in [6.45, 7) is 3.56. The van der Waals surface area contributed by atoms with E-state index in [1.54, 1.807) is 6.08 Å². The van der Waals surface area contributed by atoms with Crippen LogP contribution in [0.25, 0.3) is 0 Å². The molecule has 0 aromatic heterocycles. The van der Waals surface area contributed by atoms with E-state index in [1.807, 2.05) is 23.5 Å². The highest BCUT2D eigenvalue weighted by Crippen LogP contribution is 2.32. The second-order valence-electron chi connectivity index (χ2n) is 2.19. The minimum Gasteiger partial charge on any atom is -0.387 e. The molecule has 1 aliphatic heterocycles. The Balaban J connectivity index is 2.30. The Morgan fingerprint density at radius 3 is 2.60 bits per heavy atom. The van der Waals surface area contributed by atoms with Crippen LogP contribution in [0.15, 0.2) is 12.7 Å². The Morgan fingerprint density at radius 1 is 1.50 bits per heavy atom. The molecule has 1 unspecified atom stereocenters. The van der Waals surface area contributed by atoms with Gasteiger partial charge in [0.15, 0.2) is 0 Å². The van der Waals surface area contributed by atoms with Crippen LogP contribution in [0.5, 0.6) is 0 Å². The molecule has 0 aliphatic carbocycles. The number of hydrogen-bond donors (Lipinski definition) is 1. The Kier molecular flexibility index (Phi) is 3.66. The van der Waals surface area contributed by atoms with Crippen molar-refractivity contribution in [1.82, 2.24) is 0 Å². The average molecular weight is 176 g/mol. The van der Waals surface area contributed by atoms with E-state index in [-0.39, 0.29) is 6.10 Å². The van der Waals surface area contributed by atoms with Crippen LogP contribution in [0.4, 0.5) is 0 Å². The number of hydrogen-bond acceptors (Lipinski definition) is 3. The third-order valence-corrected chi connectivity index (χ3v) is 4.45. The van der Waals surface area contributed by atoms with Crippen molar-refractivity contribution in [2.24, 2.45) is 0 Å². The van der Waals surface area contributed by atoms with E-state index < -0.39 is 0 Å². The summed E-state index contributed by atoms with van der Waals surface area (Å²) in [4.78, 5) is 0. The van der Waals surface area contributed by atoms with Crippen LogP contribution in [0.1, 0.15) is 6.42 Å². The van der Waals surface area contributed by atoms with Crippen molar-refractivity contribution in [1.29, 1.82) is 0 Å². The Labute approximate surface area is 70.3 Å². The van der Waals surface area contributed by atoms with Crippen LogP contribution in [0.2, 0.25) is 0 Å². The van der Waals surface area contributed by atoms with Gasteiger partial charge in [0, 0.05) is 0 Å². The van der Waals surface area contributed by atoms with Gasteiger partial charge in [-0.2, -0.15) is 0 Å². The van der Waals surface area contributed by atoms with Gasteiger partial charge in [0.2, 0.25) is 0 Å². The summed E-state index contributed by atoms with van der Waals surface area (Å²) >= 11 is 3.68. The molecule has 0 bridgehead atoms. The molecule has 1 rings (SSSR count). The predicted octanol–water partition coefficient (Wildman–Crippen LogP) is 1.73. The summed E-state index contributed by atoms with van der Waals surface area (Å²) in [5.41, 5.74) is 0. The smallest absolute Gasteiger partial charge is 0.0928 e. The van der Waals surface area contributed by atoms with E-state index in [1.165, 1.54) is 17.9 Å². The zero-order valence-electron chi connectivity index (χ0n) is 5.82. The molecule has 1 atom stereocenters. The van der Waals surface area contributed by atoms with E-state index in [9.17, 15) is 5.11 Å². The number of aliphatic hydroxyl groups is 1. The third-order valence-electron chi connectivity index (χ3n) is 1.37. The Morgan fingerprint density at radius 2 is 2.10 bits per heavy atom. The first-order valence-corrected chi connectivity index (χ1v) is 5.48. The number of rotatable bonds is 2. The topological polar surface area (TPSA) is 20.2 Å². The van der Waals surface area contributed by atoms with Gasteiger partial charge in [-0.05, 0) is 17.9 Å². The fourth-order valence-corrected chi connectivity index (χ4v) is 3.66. The van der Waals surface area contributed by atoms with Crippen LogP contribution in [-0.4, -0.2) is 27.3 Å². The van der Waals surface area contributed by atoms with Gasteiger partial charge in [0.25, 0.3) is 0 Å². The lowest BCUT2D eigenvalue weighted by Gasteiger charge is -2.23. The highest BCUT2D eigenvalue weighted by molar-refractivity contribution is 8.17. The molecule has 1 aliphatic rings. The van der Waals surface area contributed by atoms with E-state index >= 15 is 0 Å². The molecule has 58 valence electrons. The molecule has 1 fully saturated rings. The van der Waals surface area contributed by atoms with Crippen molar-refractivity contribution >= 4 is 23.5 Å². The summed E-state index contributed by atoms with van der Waals surface area (Å²) in [6.07, 6.45) is 2.57. The largest absolute Gasteiger partial charge is 0.387 e. The lowest BCUT2D eigenvalue weighted by molar-refractivity contribution is 0.241. The monoisotopic (exact) mass is 176 g/mol. The fourth-order valence-electron chi connectivity index (χ4n) is 0.814. The summed E-state index contributed by atoms with van der Waals surface area (Å²) in [5.74, 6) is 2.37. The molecule has 10 heavy (non-hydrogen) atoms. The average Bonchev–Trinajstić information content (AvgIpc) is 2.05. The maximum absolute atomic E-state index is 9.32. The quantitative estimate of drug-likeness (QED) is 0.647. The van der Waals surface area contributed by atoms with Gasteiger partial charge in [-0.25, -0.2) is 0 Å². The van der Waals surface area contributed by atoms with E-state index in [0.29, 0.717) is 4.58 Å². The summed E-state index contributed by atoms with van der Waals surface area (Å²) in [5, 5.41) is 9.32. The lowest BCUT2D eigenvalue weighted by Crippen LogP contribution is -2.20. The SMILES string of the molecule is C=CC(O)C1SCCCS1. The standard InChI is InChI=1S/C7H12OS2/c1-2-6(8)7-9-4-3-5-10-7/h2,6-8H,1,3-5H2. The van der Waals surface area contributed by atoms with Crippen molar-refractivity contribution in [3.63, 3.8) is 0 Å². The van der Waals surface area contributed by atoms with Gasteiger partial charge in [0.05, 0.1) is 10.7 Å². The van der Waals surface area contributed by atoms with Crippen LogP contribution >= 0.6 is 23.5 Å². The number of aliphatic hydroxyl groups excluding tert-OH is 1. The zero-order valence-corrected chi connectivity index (χ0v) is 7.46. The molecule has 1 saturated heterocycles. The zero-order chi connectivity index (χ0) is 7.40. The highest BCUT2D eigenvalue weighted by Gasteiger charge is 2.19. The van der Waals surface area contributed by atoms with Crippen LogP contribution in [0.3, 0.4) is 0 Å². The molecular formula is C7H12OS2. The van der Waals surface area contributed by atoms with Crippen LogP contribution in [-0.2, 0) is 0 Å². The molecular weight excluding hydrogens is 164 g/mol. The van der Waals surface area contributed by atoms with Crippen LogP contribution < -0.4 is 0 Å². The van der Waals surface area contributed by atoms with Crippen molar-refractivity contribution in [2.45, 2.75) is 17.1 Å². The van der Waals surface area contributed by atoms with E-state index in [4.69, 9.17) is 0 Å². The third kappa shape index (κ3) is 2.22. The molecule has 0 radical (unpaired) electrons. The minimum atomic E-state index is -0.324. The minimum absolute atomic E-state index is 0.324. The van der Waals surface area contributed by atoms with Gasteiger partial charge in [-0.15, -0.1) is 30.1 Å². The molecule has 0 aromatic rings. The van der Waals surface area contributed by atoms with Crippen molar-refractivity contribution < 1.29 is 5.11 Å². The maximum Gasteiger partial charge on any atom is 0.0928 e. The van der Waals surface area contributed by atoms with Gasteiger partial charge in [-0.3, -0.25) is 0 Å².